The summed E-state index contributed by atoms with van der Waals surface area (Å²) in [6.07, 6.45) is 0.653. The number of anilines is 2. The number of hydrogen-bond acceptors (Lipinski definition) is 8. The minimum atomic E-state index is 0.288. The van der Waals surface area contributed by atoms with Crippen molar-refractivity contribution in [3.8, 4) is 0 Å². The molecule has 0 saturated carbocycles. The van der Waals surface area contributed by atoms with Gasteiger partial charge in [0.25, 0.3) is 0 Å². The van der Waals surface area contributed by atoms with Crippen LogP contribution in [0.2, 0.25) is 0 Å². The van der Waals surface area contributed by atoms with Gasteiger partial charge in [0.15, 0.2) is 5.82 Å². The maximum atomic E-state index is 5.37. The average molecular weight is 226 g/mol. The Hall–Kier alpha value is -1.70. The minimum absolute atomic E-state index is 0.288. The Labute approximate surface area is 89.9 Å². The van der Waals surface area contributed by atoms with Gasteiger partial charge in [-0.3, -0.25) is 0 Å². The lowest BCUT2D eigenvalue weighted by molar-refractivity contribution is 0.377. The zero-order valence-electron chi connectivity index (χ0n) is 8.10. The van der Waals surface area contributed by atoms with Crippen LogP contribution >= 0.6 is 11.5 Å². The summed E-state index contributed by atoms with van der Waals surface area (Å²) >= 11 is 1.23. The summed E-state index contributed by atoms with van der Waals surface area (Å²) in [5, 5.41) is 7.45. The molecule has 0 unspecified atom stereocenters. The summed E-state index contributed by atoms with van der Waals surface area (Å²) in [5.74, 6) is 1.54. The molecule has 2 aromatic heterocycles. The first kappa shape index (κ1) is 9.84. The molecule has 2 aromatic rings. The molecule has 8 heteroatoms. The molecule has 0 bridgehead atoms. The number of aromatic nitrogens is 4. The first-order valence-electron chi connectivity index (χ1n) is 4.36. The second-order valence-corrected chi connectivity index (χ2v) is 3.62. The van der Waals surface area contributed by atoms with Crippen LogP contribution in [0.4, 0.5) is 11.1 Å². The lowest BCUT2D eigenvalue weighted by Gasteiger charge is -1.96. The van der Waals surface area contributed by atoms with Gasteiger partial charge in [0.1, 0.15) is 0 Å². The van der Waals surface area contributed by atoms with E-state index in [-0.39, 0.29) is 5.95 Å². The van der Waals surface area contributed by atoms with Crippen LogP contribution < -0.4 is 11.1 Å². The van der Waals surface area contributed by atoms with Crippen molar-refractivity contribution in [2.75, 3.05) is 17.6 Å². The number of nitrogen functional groups attached to an aromatic ring is 1. The van der Waals surface area contributed by atoms with Gasteiger partial charge in [-0.1, -0.05) is 5.16 Å². The third-order valence-corrected chi connectivity index (χ3v) is 2.31. The van der Waals surface area contributed by atoms with Crippen molar-refractivity contribution < 1.29 is 4.52 Å². The van der Waals surface area contributed by atoms with Crippen molar-refractivity contribution in [3.63, 3.8) is 0 Å². The highest BCUT2D eigenvalue weighted by molar-refractivity contribution is 7.09. The Morgan fingerprint density at radius 3 is 2.93 bits per heavy atom. The predicted molar refractivity (Wildman–Crippen MR) is 55.6 cm³/mol. The SMILES string of the molecule is Cc1noc(CCNc2nc(N)ns2)n1. The fraction of sp³-hybridized carbons (Fsp3) is 0.429. The summed E-state index contributed by atoms with van der Waals surface area (Å²) in [6.45, 7) is 2.45. The number of hydrogen-bond donors (Lipinski definition) is 2. The van der Waals surface area contributed by atoms with E-state index in [9.17, 15) is 0 Å². The van der Waals surface area contributed by atoms with E-state index in [1.807, 2.05) is 0 Å². The molecule has 0 saturated heterocycles. The van der Waals surface area contributed by atoms with Gasteiger partial charge in [-0.2, -0.15) is 14.3 Å². The van der Waals surface area contributed by atoms with Crippen LogP contribution in [0.15, 0.2) is 4.52 Å². The summed E-state index contributed by atoms with van der Waals surface area (Å²) in [6, 6.07) is 0. The summed E-state index contributed by atoms with van der Waals surface area (Å²) in [4.78, 5) is 8.03. The van der Waals surface area contributed by atoms with Crippen molar-refractivity contribution in [1.82, 2.24) is 19.5 Å². The van der Waals surface area contributed by atoms with Crippen molar-refractivity contribution in [1.29, 1.82) is 0 Å². The molecule has 80 valence electrons. The maximum Gasteiger partial charge on any atom is 0.233 e. The lowest BCUT2D eigenvalue weighted by Crippen LogP contribution is -2.04. The number of nitrogens with zero attached hydrogens (tertiary/aromatic N) is 4. The average Bonchev–Trinajstić information content (AvgIpc) is 2.76. The van der Waals surface area contributed by atoms with E-state index < -0.39 is 0 Å². The second kappa shape index (κ2) is 4.22. The molecular weight excluding hydrogens is 216 g/mol. The van der Waals surface area contributed by atoms with Gasteiger partial charge in [0.05, 0.1) is 0 Å². The molecule has 3 N–H and O–H groups in total. The van der Waals surface area contributed by atoms with Gasteiger partial charge in [0.2, 0.25) is 17.0 Å². The molecule has 0 spiro atoms. The number of nitrogens with two attached hydrogens (primary N) is 1. The quantitative estimate of drug-likeness (QED) is 0.780. The van der Waals surface area contributed by atoms with Crippen molar-refractivity contribution in [2.24, 2.45) is 0 Å². The third-order valence-electron chi connectivity index (χ3n) is 1.63. The van der Waals surface area contributed by atoms with Crippen LogP contribution in [-0.2, 0) is 6.42 Å². The van der Waals surface area contributed by atoms with Crippen LogP contribution in [0.3, 0.4) is 0 Å². The van der Waals surface area contributed by atoms with E-state index in [0.717, 1.165) is 0 Å². The molecule has 2 rings (SSSR count). The first-order chi connectivity index (χ1) is 7.24. The van der Waals surface area contributed by atoms with E-state index in [4.69, 9.17) is 10.3 Å². The van der Waals surface area contributed by atoms with E-state index in [1.165, 1.54) is 11.5 Å². The van der Waals surface area contributed by atoms with Crippen molar-refractivity contribution in [3.05, 3.63) is 11.7 Å². The topological polar surface area (TPSA) is 103 Å². The third kappa shape index (κ3) is 2.62. The van der Waals surface area contributed by atoms with Gasteiger partial charge in [0, 0.05) is 24.5 Å². The monoisotopic (exact) mass is 226 g/mol. The molecule has 0 atom stereocenters. The molecule has 0 aliphatic carbocycles. The normalized spacial score (nSPS) is 10.5. The van der Waals surface area contributed by atoms with E-state index in [1.54, 1.807) is 6.92 Å². The fourth-order valence-corrected chi connectivity index (χ4v) is 1.55. The highest BCUT2D eigenvalue weighted by atomic mass is 32.1. The summed E-state index contributed by atoms with van der Waals surface area (Å²) < 4.78 is 8.79. The molecule has 2 heterocycles. The van der Waals surface area contributed by atoms with Crippen LogP contribution in [0.5, 0.6) is 0 Å². The number of rotatable bonds is 4. The van der Waals surface area contributed by atoms with Gasteiger partial charge in [-0.05, 0) is 6.92 Å². The second-order valence-electron chi connectivity index (χ2n) is 2.87. The Kier molecular flexibility index (Phi) is 2.77. The van der Waals surface area contributed by atoms with E-state index in [2.05, 4.69) is 24.8 Å². The standard InChI is InChI=1S/C7H10N6OS/c1-4-10-5(14-12-4)2-3-9-7-11-6(8)13-15-7/h2-3H2,1H3,(H3,8,9,11,13). The van der Waals surface area contributed by atoms with Crippen LogP contribution in [0, 0.1) is 6.92 Å². The maximum absolute atomic E-state index is 5.37. The molecule has 0 aliphatic rings. The zero-order chi connectivity index (χ0) is 10.7. The molecule has 0 aliphatic heterocycles. The van der Waals surface area contributed by atoms with Crippen LogP contribution in [0.1, 0.15) is 11.7 Å². The Bertz CT molecular complexity index is 398. The van der Waals surface area contributed by atoms with Gasteiger partial charge in [-0.15, -0.1) is 0 Å². The van der Waals surface area contributed by atoms with Gasteiger partial charge in [-0.25, -0.2) is 0 Å². The molecule has 0 radical (unpaired) electrons. The van der Waals surface area contributed by atoms with Crippen molar-refractivity contribution >= 4 is 22.6 Å². The van der Waals surface area contributed by atoms with E-state index in [0.29, 0.717) is 29.8 Å². The highest BCUT2D eigenvalue weighted by Crippen LogP contribution is 2.11. The van der Waals surface area contributed by atoms with E-state index >= 15 is 0 Å². The zero-order valence-corrected chi connectivity index (χ0v) is 8.91. The highest BCUT2D eigenvalue weighted by Gasteiger charge is 2.03. The first-order valence-corrected chi connectivity index (χ1v) is 5.13. The Morgan fingerprint density at radius 2 is 2.33 bits per heavy atom. The molecule has 7 nitrogen and oxygen atoms in total. The van der Waals surface area contributed by atoms with Gasteiger partial charge >= 0.3 is 0 Å². The molecular formula is C7H10N6OS. The number of nitrogens with one attached hydrogen (secondary N) is 1. The molecule has 15 heavy (non-hydrogen) atoms. The number of aryl methyl sites for hydroxylation is 1. The van der Waals surface area contributed by atoms with Gasteiger partial charge < -0.3 is 15.6 Å². The minimum Gasteiger partial charge on any atom is -0.367 e. The Morgan fingerprint density at radius 1 is 1.47 bits per heavy atom. The Balaban J connectivity index is 1.80. The van der Waals surface area contributed by atoms with Crippen LogP contribution in [-0.4, -0.2) is 26.0 Å². The van der Waals surface area contributed by atoms with Crippen molar-refractivity contribution in [2.45, 2.75) is 13.3 Å². The van der Waals surface area contributed by atoms with Crippen LogP contribution in [0.25, 0.3) is 0 Å². The lowest BCUT2D eigenvalue weighted by atomic mass is 10.4. The summed E-state index contributed by atoms with van der Waals surface area (Å²) in [7, 11) is 0. The smallest absolute Gasteiger partial charge is 0.233 e. The fourth-order valence-electron chi connectivity index (χ4n) is 1.02. The molecule has 0 aromatic carbocycles. The summed E-state index contributed by atoms with van der Waals surface area (Å²) in [5.41, 5.74) is 5.37. The predicted octanol–water partition coefficient (Wildman–Crippen LogP) is 0.466. The molecule has 0 amide bonds. The largest absolute Gasteiger partial charge is 0.367 e. The molecule has 0 fully saturated rings.